The molecule has 1 saturated carbocycles. The van der Waals surface area contributed by atoms with Crippen LogP contribution < -0.4 is 4.72 Å². The monoisotopic (exact) mass is 433 g/mol. The van der Waals surface area contributed by atoms with Crippen molar-refractivity contribution in [3.8, 4) is 11.5 Å². The summed E-state index contributed by atoms with van der Waals surface area (Å²) in [5.41, 5.74) is 0.679. The Labute approximate surface area is 171 Å². The van der Waals surface area contributed by atoms with Gasteiger partial charge in [0, 0.05) is 6.04 Å². The van der Waals surface area contributed by atoms with Crippen LogP contribution in [0.3, 0.4) is 0 Å². The van der Waals surface area contributed by atoms with E-state index in [1.54, 1.807) is 24.3 Å². The van der Waals surface area contributed by atoms with Gasteiger partial charge in [0.2, 0.25) is 15.8 Å². The van der Waals surface area contributed by atoms with E-state index in [1.165, 1.54) is 24.3 Å². The van der Waals surface area contributed by atoms with Crippen molar-refractivity contribution in [2.75, 3.05) is 0 Å². The van der Waals surface area contributed by atoms with Crippen molar-refractivity contribution in [3.63, 3.8) is 0 Å². The molecular formula is C19H16ClN3O5S. The molecule has 0 radical (unpaired) electrons. The number of hydrogen-bond donors (Lipinski definition) is 1. The van der Waals surface area contributed by atoms with Gasteiger partial charge in [0.05, 0.1) is 21.0 Å². The van der Waals surface area contributed by atoms with E-state index in [1.807, 2.05) is 0 Å². The minimum Gasteiger partial charge on any atom is -0.454 e. The topological polar surface area (TPSA) is 111 Å². The van der Waals surface area contributed by atoms with E-state index in [0.29, 0.717) is 10.6 Å². The first-order valence-electron chi connectivity index (χ1n) is 8.79. The summed E-state index contributed by atoms with van der Waals surface area (Å²) < 4.78 is 37.5. The summed E-state index contributed by atoms with van der Waals surface area (Å²) in [6.45, 7) is -0.232. The number of carbonyl (C=O) groups excluding carboxylic acids is 1. The number of nitrogens with one attached hydrogen (secondary N) is 1. The second-order valence-corrected chi connectivity index (χ2v) is 8.62. The van der Waals surface area contributed by atoms with Crippen molar-refractivity contribution in [1.29, 1.82) is 0 Å². The third-order valence-electron chi connectivity index (χ3n) is 4.18. The summed E-state index contributed by atoms with van der Waals surface area (Å²) >= 11 is 6.10. The van der Waals surface area contributed by atoms with Gasteiger partial charge in [-0.3, -0.25) is 0 Å². The van der Waals surface area contributed by atoms with Gasteiger partial charge in [-0.25, -0.2) is 17.9 Å². The molecular weight excluding hydrogens is 418 g/mol. The number of ether oxygens (including phenoxy) is 1. The molecule has 0 unspecified atom stereocenters. The Hall–Kier alpha value is -2.75. The van der Waals surface area contributed by atoms with Gasteiger partial charge in [-0.15, -0.1) is 0 Å². The van der Waals surface area contributed by atoms with Crippen LogP contribution in [0.25, 0.3) is 11.5 Å². The lowest BCUT2D eigenvalue weighted by Crippen LogP contribution is -2.25. The number of rotatable bonds is 7. The van der Waals surface area contributed by atoms with Crippen LogP contribution in [0.1, 0.15) is 29.0 Å². The Kier molecular flexibility index (Phi) is 5.35. The summed E-state index contributed by atoms with van der Waals surface area (Å²) in [6, 6.07) is 12.6. The van der Waals surface area contributed by atoms with Gasteiger partial charge in [-0.05, 0) is 43.2 Å². The van der Waals surface area contributed by atoms with Gasteiger partial charge in [0.15, 0.2) is 6.61 Å². The van der Waals surface area contributed by atoms with Crippen LogP contribution in [0.15, 0.2) is 57.9 Å². The Morgan fingerprint density at radius 1 is 1.21 bits per heavy atom. The average Bonchev–Trinajstić information content (AvgIpc) is 3.39. The van der Waals surface area contributed by atoms with Gasteiger partial charge in [-0.2, -0.15) is 4.98 Å². The van der Waals surface area contributed by atoms with E-state index in [-0.39, 0.29) is 34.8 Å². The molecule has 0 aliphatic heterocycles. The third-order valence-corrected chi connectivity index (χ3v) is 6.03. The zero-order chi connectivity index (χ0) is 20.4. The van der Waals surface area contributed by atoms with E-state index in [9.17, 15) is 13.2 Å². The largest absolute Gasteiger partial charge is 0.454 e. The Morgan fingerprint density at radius 3 is 2.76 bits per heavy atom. The zero-order valence-corrected chi connectivity index (χ0v) is 16.6. The fraction of sp³-hybridized carbons (Fsp3) is 0.211. The highest BCUT2D eigenvalue weighted by atomic mass is 35.5. The van der Waals surface area contributed by atoms with Crippen molar-refractivity contribution in [2.24, 2.45) is 0 Å². The summed E-state index contributed by atoms with van der Waals surface area (Å²) in [7, 11) is -3.66. The summed E-state index contributed by atoms with van der Waals surface area (Å²) in [5, 5.41) is 4.22. The van der Waals surface area contributed by atoms with E-state index < -0.39 is 16.0 Å². The molecule has 8 nitrogen and oxygen atoms in total. The smallest absolute Gasteiger partial charge is 0.338 e. The summed E-state index contributed by atoms with van der Waals surface area (Å²) in [4.78, 5) is 16.5. The first-order chi connectivity index (χ1) is 13.9. The Bertz CT molecular complexity index is 1160. The molecule has 0 amide bonds. The first kappa shape index (κ1) is 19.6. The number of carbonyl (C=O) groups is 1. The Balaban J connectivity index is 1.43. The van der Waals surface area contributed by atoms with E-state index in [4.69, 9.17) is 20.9 Å². The molecule has 1 N–H and O–H groups in total. The van der Waals surface area contributed by atoms with Gasteiger partial charge in [-0.1, -0.05) is 35.0 Å². The molecule has 0 saturated heterocycles. The quantitative estimate of drug-likeness (QED) is 0.569. The molecule has 0 spiro atoms. The predicted molar refractivity (Wildman–Crippen MR) is 104 cm³/mol. The van der Waals surface area contributed by atoms with E-state index >= 15 is 0 Å². The summed E-state index contributed by atoms with van der Waals surface area (Å²) in [6.07, 6.45) is 1.64. The molecule has 1 aliphatic carbocycles. The molecule has 0 bridgehead atoms. The lowest BCUT2D eigenvalue weighted by Gasteiger charge is -2.07. The van der Waals surface area contributed by atoms with Crippen molar-refractivity contribution in [2.45, 2.75) is 30.4 Å². The van der Waals surface area contributed by atoms with Crippen LogP contribution in [-0.4, -0.2) is 30.6 Å². The van der Waals surface area contributed by atoms with Crippen LogP contribution in [0.4, 0.5) is 0 Å². The lowest BCUT2D eigenvalue weighted by molar-refractivity contribution is 0.0459. The van der Waals surface area contributed by atoms with Gasteiger partial charge < -0.3 is 9.26 Å². The lowest BCUT2D eigenvalue weighted by atomic mass is 10.2. The maximum atomic E-state index is 12.3. The maximum Gasteiger partial charge on any atom is 0.338 e. The predicted octanol–water partition coefficient (Wildman–Crippen LogP) is 3.19. The van der Waals surface area contributed by atoms with Crippen LogP contribution in [0, 0.1) is 0 Å². The number of aromatic nitrogens is 2. The van der Waals surface area contributed by atoms with Gasteiger partial charge in [0.25, 0.3) is 5.89 Å². The molecule has 1 fully saturated rings. The van der Waals surface area contributed by atoms with Crippen LogP contribution in [-0.2, 0) is 21.4 Å². The van der Waals surface area contributed by atoms with Crippen molar-refractivity contribution in [1.82, 2.24) is 14.9 Å². The van der Waals surface area contributed by atoms with Crippen molar-refractivity contribution < 1.29 is 22.5 Å². The average molecular weight is 434 g/mol. The van der Waals surface area contributed by atoms with Crippen LogP contribution in [0.2, 0.25) is 5.02 Å². The van der Waals surface area contributed by atoms with Crippen molar-refractivity contribution >= 4 is 27.6 Å². The molecule has 3 aromatic rings. The number of sulfonamides is 1. The molecule has 10 heteroatoms. The molecule has 1 aliphatic rings. The fourth-order valence-electron chi connectivity index (χ4n) is 2.55. The second kappa shape index (κ2) is 7.94. The standard InChI is InChI=1S/C19H16ClN3O5S/c20-16-7-2-1-6-15(16)18-21-17(22-28-18)11-27-19(24)12-4-3-5-14(10-12)29(25,26)23-13-8-9-13/h1-7,10,13,23H,8-9,11H2. The molecule has 1 heterocycles. The first-order valence-corrected chi connectivity index (χ1v) is 10.7. The third kappa shape index (κ3) is 4.64. The number of halogens is 1. The Morgan fingerprint density at radius 2 is 2.00 bits per heavy atom. The van der Waals surface area contributed by atoms with E-state index in [0.717, 1.165) is 12.8 Å². The number of esters is 1. The molecule has 1 aromatic heterocycles. The fourth-order valence-corrected chi connectivity index (χ4v) is 4.12. The number of hydrogen-bond acceptors (Lipinski definition) is 7. The molecule has 0 atom stereocenters. The molecule has 2 aromatic carbocycles. The van der Waals surface area contributed by atoms with Crippen LogP contribution in [0.5, 0.6) is 0 Å². The van der Waals surface area contributed by atoms with Crippen LogP contribution >= 0.6 is 11.6 Å². The molecule has 4 rings (SSSR count). The second-order valence-electron chi connectivity index (χ2n) is 6.50. The minimum absolute atomic E-state index is 0.0133. The minimum atomic E-state index is -3.66. The zero-order valence-electron chi connectivity index (χ0n) is 15.0. The molecule has 150 valence electrons. The highest BCUT2D eigenvalue weighted by Crippen LogP contribution is 2.26. The SMILES string of the molecule is O=C(OCc1noc(-c2ccccc2Cl)n1)c1cccc(S(=O)(=O)NC2CC2)c1. The molecule has 29 heavy (non-hydrogen) atoms. The number of benzene rings is 2. The number of nitrogens with zero attached hydrogens (tertiary/aromatic N) is 2. The van der Waals surface area contributed by atoms with Crippen molar-refractivity contribution in [3.05, 3.63) is 64.9 Å². The highest BCUT2D eigenvalue weighted by molar-refractivity contribution is 7.89. The van der Waals surface area contributed by atoms with E-state index in [2.05, 4.69) is 14.9 Å². The van der Waals surface area contributed by atoms with Gasteiger partial charge >= 0.3 is 5.97 Å². The normalized spacial score (nSPS) is 14.0. The summed E-state index contributed by atoms with van der Waals surface area (Å²) in [5.74, 6) is -0.328. The van der Waals surface area contributed by atoms with Gasteiger partial charge in [0.1, 0.15) is 0 Å². The highest BCUT2D eigenvalue weighted by Gasteiger charge is 2.28. The maximum absolute atomic E-state index is 12.3.